The number of benzene rings is 3. The predicted octanol–water partition coefficient (Wildman–Crippen LogP) is 4.19. The molecule has 128 valence electrons. The average Bonchev–Trinajstić information content (AvgIpc) is 2.64. The second kappa shape index (κ2) is 7.95. The number of aryl methyl sites for hydroxylation is 1. The van der Waals surface area contributed by atoms with Gasteiger partial charge < -0.3 is 10.1 Å². The molecule has 25 heavy (non-hydrogen) atoms. The van der Waals surface area contributed by atoms with Gasteiger partial charge in [0.1, 0.15) is 0 Å². The van der Waals surface area contributed by atoms with E-state index in [0.29, 0.717) is 13.0 Å². The number of ether oxygens (including phenoxy) is 1. The lowest BCUT2D eigenvalue weighted by atomic mass is 10.0. The van der Waals surface area contributed by atoms with Crippen LogP contribution in [-0.4, -0.2) is 19.6 Å². The Balaban J connectivity index is 1.67. The van der Waals surface area contributed by atoms with E-state index in [2.05, 4.69) is 36.5 Å². The number of methoxy groups -OCH3 is 1. The highest BCUT2D eigenvalue weighted by atomic mass is 16.5. The molecule has 3 aromatic rings. The Morgan fingerprint density at radius 3 is 2.52 bits per heavy atom. The summed E-state index contributed by atoms with van der Waals surface area (Å²) in [6, 6.07) is 22.3. The van der Waals surface area contributed by atoms with E-state index in [1.807, 2.05) is 42.5 Å². The van der Waals surface area contributed by atoms with Gasteiger partial charge in [-0.3, -0.25) is 4.79 Å². The van der Waals surface area contributed by atoms with Gasteiger partial charge in [0.2, 0.25) is 5.91 Å². The molecule has 1 atom stereocenters. The van der Waals surface area contributed by atoms with Crippen molar-refractivity contribution < 1.29 is 9.53 Å². The van der Waals surface area contributed by atoms with E-state index < -0.39 is 0 Å². The SMILES string of the molecule is COC(CNC(=O)Cc1cccc2ccccc12)c1ccccc1C. The zero-order valence-electron chi connectivity index (χ0n) is 14.7. The Bertz CT molecular complexity index is 867. The molecule has 1 amide bonds. The Morgan fingerprint density at radius 1 is 1.00 bits per heavy atom. The maximum atomic E-state index is 12.4. The van der Waals surface area contributed by atoms with Gasteiger partial charge in [-0.1, -0.05) is 66.7 Å². The van der Waals surface area contributed by atoms with Crippen molar-refractivity contribution in [2.75, 3.05) is 13.7 Å². The van der Waals surface area contributed by atoms with Gasteiger partial charge in [0.15, 0.2) is 0 Å². The Labute approximate surface area is 148 Å². The molecule has 1 N–H and O–H groups in total. The topological polar surface area (TPSA) is 38.3 Å². The maximum absolute atomic E-state index is 12.4. The molecule has 0 aliphatic rings. The lowest BCUT2D eigenvalue weighted by molar-refractivity contribution is -0.121. The van der Waals surface area contributed by atoms with E-state index in [9.17, 15) is 4.79 Å². The quantitative estimate of drug-likeness (QED) is 0.734. The number of hydrogen-bond acceptors (Lipinski definition) is 2. The molecule has 3 heteroatoms. The minimum Gasteiger partial charge on any atom is -0.375 e. The number of carbonyl (C=O) groups is 1. The van der Waals surface area contributed by atoms with Crippen LogP contribution in [0.3, 0.4) is 0 Å². The molecule has 3 rings (SSSR count). The summed E-state index contributed by atoms with van der Waals surface area (Å²) in [6.45, 7) is 2.52. The zero-order chi connectivity index (χ0) is 17.6. The van der Waals surface area contributed by atoms with Crippen molar-refractivity contribution in [2.45, 2.75) is 19.4 Å². The number of hydrogen-bond donors (Lipinski definition) is 1. The number of rotatable bonds is 6. The first-order valence-electron chi connectivity index (χ1n) is 8.50. The van der Waals surface area contributed by atoms with Gasteiger partial charge in [-0.15, -0.1) is 0 Å². The third kappa shape index (κ3) is 4.06. The minimum absolute atomic E-state index is 0.00647. The third-order valence-electron chi connectivity index (χ3n) is 4.54. The summed E-state index contributed by atoms with van der Waals surface area (Å²) in [5.41, 5.74) is 3.31. The van der Waals surface area contributed by atoms with E-state index in [4.69, 9.17) is 4.74 Å². The molecule has 0 bridgehead atoms. The van der Waals surface area contributed by atoms with Crippen molar-refractivity contribution in [1.82, 2.24) is 5.32 Å². The Hall–Kier alpha value is -2.65. The smallest absolute Gasteiger partial charge is 0.224 e. The molecule has 3 aromatic carbocycles. The monoisotopic (exact) mass is 333 g/mol. The first-order valence-corrected chi connectivity index (χ1v) is 8.50. The Kier molecular flexibility index (Phi) is 5.46. The van der Waals surface area contributed by atoms with Crippen molar-refractivity contribution >= 4 is 16.7 Å². The number of amides is 1. The molecule has 0 aromatic heterocycles. The van der Waals surface area contributed by atoms with Crippen LogP contribution >= 0.6 is 0 Å². The van der Waals surface area contributed by atoms with Crippen LogP contribution in [0.15, 0.2) is 66.7 Å². The van der Waals surface area contributed by atoms with E-state index in [-0.39, 0.29) is 12.0 Å². The fourth-order valence-electron chi connectivity index (χ4n) is 3.16. The summed E-state index contributed by atoms with van der Waals surface area (Å²) in [5, 5.41) is 5.29. The third-order valence-corrected chi connectivity index (χ3v) is 4.54. The number of fused-ring (bicyclic) bond motifs is 1. The second-order valence-corrected chi connectivity index (χ2v) is 6.20. The van der Waals surface area contributed by atoms with Crippen LogP contribution in [0.25, 0.3) is 10.8 Å². The summed E-state index contributed by atoms with van der Waals surface area (Å²) >= 11 is 0. The van der Waals surface area contributed by atoms with Crippen LogP contribution in [-0.2, 0) is 16.0 Å². The standard InChI is InChI=1S/C22H23NO2/c1-16-8-3-5-12-19(16)21(25-2)15-23-22(24)14-18-11-7-10-17-9-4-6-13-20(17)18/h3-13,21H,14-15H2,1-2H3,(H,23,24). The summed E-state index contributed by atoms with van der Waals surface area (Å²) in [4.78, 5) is 12.4. The molecule has 0 fully saturated rings. The van der Waals surface area contributed by atoms with Gasteiger partial charge in [-0.25, -0.2) is 0 Å². The van der Waals surface area contributed by atoms with Crippen molar-refractivity contribution in [3.05, 3.63) is 83.4 Å². The number of carbonyl (C=O) groups excluding carboxylic acids is 1. The molecular weight excluding hydrogens is 310 g/mol. The van der Waals surface area contributed by atoms with Gasteiger partial charge in [-0.2, -0.15) is 0 Å². The van der Waals surface area contributed by atoms with E-state index in [0.717, 1.165) is 27.5 Å². The molecule has 0 saturated carbocycles. The highest BCUT2D eigenvalue weighted by Gasteiger charge is 2.14. The lowest BCUT2D eigenvalue weighted by Crippen LogP contribution is -2.30. The summed E-state index contributed by atoms with van der Waals surface area (Å²) < 4.78 is 5.57. The fourth-order valence-corrected chi connectivity index (χ4v) is 3.16. The van der Waals surface area contributed by atoms with Crippen LogP contribution < -0.4 is 5.32 Å². The molecular formula is C22H23NO2. The van der Waals surface area contributed by atoms with E-state index in [1.54, 1.807) is 7.11 Å². The molecule has 0 saturated heterocycles. The normalized spacial score (nSPS) is 12.1. The van der Waals surface area contributed by atoms with Crippen molar-refractivity contribution in [2.24, 2.45) is 0 Å². The molecule has 0 aliphatic heterocycles. The highest BCUT2D eigenvalue weighted by molar-refractivity contribution is 5.90. The molecule has 0 aliphatic carbocycles. The fraction of sp³-hybridized carbons (Fsp3) is 0.227. The largest absolute Gasteiger partial charge is 0.375 e. The first kappa shape index (κ1) is 17.2. The summed E-state index contributed by atoms with van der Waals surface area (Å²) in [7, 11) is 1.67. The number of nitrogens with one attached hydrogen (secondary N) is 1. The molecule has 1 unspecified atom stereocenters. The van der Waals surface area contributed by atoms with Gasteiger partial charge in [0, 0.05) is 13.7 Å². The Morgan fingerprint density at radius 2 is 1.72 bits per heavy atom. The van der Waals surface area contributed by atoms with Gasteiger partial charge >= 0.3 is 0 Å². The first-order chi connectivity index (χ1) is 12.2. The second-order valence-electron chi connectivity index (χ2n) is 6.20. The van der Waals surface area contributed by atoms with E-state index in [1.165, 1.54) is 0 Å². The van der Waals surface area contributed by atoms with E-state index >= 15 is 0 Å². The predicted molar refractivity (Wildman–Crippen MR) is 102 cm³/mol. The van der Waals surface area contributed by atoms with Crippen LogP contribution in [0, 0.1) is 6.92 Å². The minimum atomic E-state index is -0.141. The van der Waals surface area contributed by atoms with Gasteiger partial charge in [0.05, 0.1) is 12.5 Å². The molecule has 0 radical (unpaired) electrons. The molecule has 0 heterocycles. The van der Waals surface area contributed by atoms with Crippen molar-refractivity contribution in [3.63, 3.8) is 0 Å². The van der Waals surface area contributed by atoms with Crippen LogP contribution in [0.4, 0.5) is 0 Å². The average molecular weight is 333 g/mol. The summed E-state index contributed by atoms with van der Waals surface area (Å²) in [6.07, 6.45) is 0.226. The highest BCUT2D eigenvalue weighted by Crippen LogP contribution is 2.21. The lowest BCUT2D eigenvalue weighted by Gasteiger charge is -2.18. The van der Waals surface area contributed by atoms with Crippen molar-refractivity contribution in [1.29, 1.82) is 0 Å². The summed E-state index contributed by atoms with van der Waals surface area (Å²) in [5.74, 6) is 0.00647. The van der Waals surface area contributed by atoms with Gasteiger partial charge in [0.25, 0.3) is 0 Å². The van der Waals surface area contributed by atoms with Crippen molar-refractivity contribution in [3.8, 4) is 0 Å². The maximum Gasteiger partial charge on any atom is 0.224 e. The van der Waals surface area contributed by atoms with Crippen LogP contribution in [0.1, 0.15) is 22.8 Å². The van der Waals surface area contributed by atoms with Crippen LogP contribution in [0.2, 0.25) is 0 Å². The zero-order valence-corrected chi connectivity index (χ0v) is 14.7. The van der Waals surface area contributed by atoms with Gasteiger partial charge in [-0.05, 0) is 34.4 Å². The van der Waals surface area contributed by atoms with Crippen LogP contribution in [0.5, 0.6) is 0 Å². The molecule has 0 spiro atoms. The molecule has 3 nitrogen and oxygen atoms in total.